The molecular weight excluding hydrogens is 452 g/mol. The van der Waals surface area contributed by atoms with E-state index in [9.17, 15) is 0 Å². The number of rotatable bonds is 2. The second-order valence-electron chi connectivity index (χ2n) is 7.84. The fraction of sp³-hybridized carbons (Fsp3) is 0.120. The van der Waals surface area contributed by atoms with Crippen molar-refractivity contribution in [3.63, 3.8) is 0 Å². The van der Waals surface area contributed by atoms with Crippen LogP contribution in [0.25, 0.3) is 5.70 Å². The van der Waals surface area contributed by atoms with E-state index in [0.717, 1.165) is 44.1 Å². The zero-order valence-corrected chi connectivity index (χ0v) is 18.4. The number of para-hydroxylation sites is 1. The molecule has 0 bridgehead atoms. The van der Waals surface area contributed by atoms with Gasteiger partial charge in [-0.15, -0.1) is 0 Å². The van der Waals surface area contributed by atoms with Gasteiger partial charge in [-0.25, -0.2) is 4.68 Å². The molecule has 6 rings (SSSR count). The molecule has 31 heavy (non-hydrogen) atoms. The predicted octanol–water partition coefficient (Wildman–Crippen LogP) is 5.91. The van der Waals surface area contributed by atoms with Crippen LogP contribution in [-0.4, -0.2) is 14.8 Å². The number of hydrogen-bond acceptors (Lipinski definition) is 4. The van der Waals surface area contributed by atoms with Gasteiger partial charge in [0, 0.05) is 15.6 Å². The van der Waals surface area contributed by atoms with E-state index in [2.05, 4.69) is 92.9 Å². The molecule has 2 aliphatic rings. The van der Waals surface area contributed by atoms with Crippen LogP contribution in [0.5, 0.6) is 5.75 Å². The van der Waals surface area contributed by atoms with E-state index >= 15 is 0 Å². The van der Waals surface area contributed by atoms with Gasteiger partial charge in [-0.1, -0.05) is 70.0 Å². The number of anilines is 1. The third-order valence-electron chi connectivity index (χ3n) is 5.89. The van der Waals surface area contributed by atoms with Gasteiger partial charge in [0.1, 0.15) is 24.2 Å². The molecule has 2 aliphatic heterocycles. The first-order valence-corrected chi connectivity index (χ1v) is 11.0. The molecule has 0 saturated heterocycles. The summed E-state index contributed by atoms with van der Waals surface area (Å²) >= 11 is 3.56. The van der Waals surface area contributed by atoms with Crippen LogP contribution in [0.15, 0.2) is 89.2 Å². The topological polar surface area (TPSA) is 52.0 Å². The van der Waals surface area contributed by atoms with Crippen LogP contribution in [0.1, 0.15) is 34.4 Å². The first kappa shape index (κ1) is 18.4. The van der Waals surface area contributed by atoms with Gasteiger partial charge in [-0.2, -0.15) is 10.1 Å². The third-order valence-corrected chi connectivity index (χ3v) is 6.42. The molecule has 152 valence electrons. The van der Waals surface area contributed by atoms with E-state index in [1.165, 1.54) is 5.56 Å². The highest BCUT2D eigenvalue weighted by atomic mass is 79.9. The standard InChI is InChI=1S/C25H19BrN4O/c1-15-6-8-17(9-7-15)24-21-22(19-4-2-3-5-20(19)31-24)29-25-27-14-28-30(25)23(21)16-10-12-18(26)13-11-16/h2-14,23-24H,1H3,(H,27,28,29)/t23-,24+/m0/s1. The maximum Gasteiger partial charge on any atom is 0.226 e. The Morgan fingerprint density at radius 2 is 1.68 bits per heavy atom. The molecule has 5 nitrogen and oxygen atoms in total. The van der Waals surface area contributed by atoms with Crippen LogP contribution < -0.4 is 10.1 Å². The number of benzene rings is 3. The van der Waals surface area contributed by atoms with Gasteiger partial charge in [0.05, 0.1) is 5.70 Å². The first-order valence-electron chi connectivity index (χ1n) is 10.2. The molecule has 4 aromatic rings. The Balaban J connectivity index is 1.62. The zero-order chi connectivity index (χ0) is 20.9. The van der Waals surface area contributed by atoms with Crippen molar-refractivity contribution < 1.29 is 4.74 Å². The molecule has 0 amide bonds. The Bertz CT molecular complexity index is 1310. The molecule has 6 heteroatoms. The van der Waals surface area contributed by atoms with E-state index < -0.39 is 0 Å². The average molecular weight is 471 g/mol. The summed E-state index contributed by atoms with van der Waals surface area (Å²) in [7, 11) is 0. The van der Waals surface area contributed by atoms with E-state index in [-0.39, 0.29) is 12.1 Å². The van der Waals surface area contributed by atoms with Crippen molar-refractivity contribution in [3.8, 4) is 5.75 Å². The second kappa shape index (κ2) is 7.10. The van der Waals surface area contributed by atoms with Crippen LogP contribution in [0, 0.1) is 6.92 Å². The van der Waals surface area contributed by atoms with Crippen molar-refractivity contribution in [3.05, 3.63) is 111 Å². The minimum atomic E-state index is -0.246. The van der Waals surface area contributed by atoms with E-state index in [4.69, 9.17) is 4.74 Å². The SMILES string of the molecule is Cc1ccc([C@H]2Oc3ccccc3C3=C2[C@H](c2ccc(Br)cc2)n2ncnc2N3)cc1. The number of nitrogens with one attached hydrogen (secondary N) is 1. The summed E-state index contributed by atoms with van der Waals surface area (Å²) in [4.78, 5) is 4.48. The predicted molar refractivity (Wildman–Crippen MR) is 124 cm³/mol. The number of nitrogens with zero attached hydrogens (tertiary/aromatic N) is 3. The van der Waals surface area contributed by atoms with E-state index in [0.29, 0.717) is 0 Å². The molecule has 1 aromatic heterocycles. The van der Waals surface area contributed by atoms with Crippen LogP contribution in [0.3, 0.4) is 0 Å². The maximum absolute atomic E-state index is 6.63. The molecule has 0 saturated carbocycles. The lowest BCUT2D eigenvalue weighted by Crippen LogP contribution is -2.32. The van der Waals surface area contributed by atoms with Gasteiger partial charge >= 0.3 is 0 Å². The molecule has 2 atom stereocenters. The van der Waals surface area contributed by atoms with Gasteiger partial charge in [0.2, 0.25) is 5.95 Å². The second-order valence-corrected chi connectivity index (χ2v) is 8.76. The minimum Gasteiger partial charge on any atom is -0.480 e. The number of fused-ring (bicyclic) bond motifs is 3. The summed E-state index contributed by atoms with van der Waals surface area (Å²) in [6.07, 6.45) is 1.35. The number of aryl methyl sites for hydroxylation is 1. The van der Waals surface area contributed by atoms with Crippen molar-refractivity contribution in [1.29, 1.82) is 0 Å². The lowest BCUT2D eigenvalue weighted by molar-refractivity contribution is 0.223. The quantitative estimate of drug-likeness (QED) is 0.395. The summed E-state index contributed by atoms with van der Waals surface area (Å²) < 4.78 is 9.61. The average Bonchev–Trinajstić information content (AvgIpc) is 3.27. The molecule has 0 unspecified atom stereocenters. The Kier molecular flexibility index (Phi) is 4.21. The molecule has 0 aliphatic carbocycles. The highest BCUT2D eigenvalue weighted by Crippen LogP contribution is 2.50. The fourth-order valence-corrected chi connectivity index (χ4v) is 4.66. The Morgan fingerprint density at radius 1 is 0.935 bits per heavy atom. The normalized spacial score (nSPS) is 19.0. The number of ether oxygens (including phenoxy) is 1. The van der Waals surface area contributed by atoms with E-state index in [1.807, 2.05) is 22.9 Å². The Labute approximate surface area is 188 Å². The summed E-state index contributed by atoms with van der Waals surface area (Å²) in [6, 6.07) is 25.0. The largest absolute Gasteiger partial charge is 0.480 e. The first-order chi connectivity index (χ1) is 15.2. The number of hydrogen-bond donors (Lipinski definition) is 1. The fourth-order valence-electron chi connectivity index (χ4n) is 4.40. The van der Waals surface area contributed by atoms with Crippen molar-refractivity contribution in [2.75, 3.05) is 5.32 Å². The Hall–Kier alpha value is -3.38. The highest BCUT2D eigenvalue weighted by molar-refractivity contribution is 9.10. The smallest absolute Gasteiger partial charge is 0.226 e. The summed E-state index contributed by atoms with van der Waals surface area (Å²) in [5, 5.41) is 8.10. The number of aromatic nitrogens is 3. The van der Waals surface area contributed by atoms with Crippen molar-refractivity contribution >= 4 is 27.6 Å². The molecule has 3 heterocycles. The summed E-state index contributed by atoms with van der Waals surface area (Å²) in [5.41, 5.74) is 6.67. The molecule has 1 N–H and O–H groups in total. The van der Waals surface area contributed by atoms with Crippen molar-refractivity contribution in [1.82, 2.24) is 14.8 Å². The van der Waals surface area contributed by atoms with Crippen LogP contribution in [0.4, 0.5) is 5.95 Å². The van der Waals surface area contributed by atoms with Gasteiger partial charge < -0.3 is 10.1 Å². The van der Waals surface area contributed by atoms with Gasteiger partial charge in [0.25, 0.3) is 0 Å². The molecular formula is C25H19BrN4O. The molecule has 3 aromatic carbocycles. The van der Waals surface area contributed by atoms with Crippen molar-refractivity contribution in [2.45, 2.75) is 19.1 Å². The highest BCUT2D eigenvalue weighted by Gasteiger charge is 2.40. The zero-order valence-electron chi connectivity index (χ0n) is 16.8. The lowest BCUT2D eigenvalue weighted by atomic mass is 9.84. The maximum atomic E-state index is 6.63. The molecule has 0 spiro atoms. The van der Waals surface area contributed by atoms with Crippen LogP contribution >= 0.6 is 15.9 Å². The third kappa shape index (κ3) is 2.98. The van der Waals surface area contributed by atoms with Gasteiger partial charge in [-0.3, -0.25) is 0 Å². The van der Waals surface area contributed by atoms with E-state index in [1.54, 1.807) is 6.33 Å². The van der Waals surface area contributed by atoms with Gasteiger partial charge in [-0.05, 0) is 42.3 Å². The monoisotopic (exact) mass is 470 g/mol. The lowest BCUT2D eigenvalue weighted by Gasteiger charge is -2.39. The van der Waals surface area contributed by atoms with Crippen LogP contribution in [-0.2, 0) is 0 Å². The Morgan fingerprint density at radius 3 is 2.48 bits per heavy atom. The van der Waals surface area contributed by atoms with Crippen molar-refractivity contribution in [2.24, 2.45) is 0 Å². The summed E-state index contributed by atoms with van der Waals surface area (Å²) in [6.45, 7) is 2.10. The molecule has 0 radical (unpaired) electrons. The molecule has 0 fully saturated rings. The van der Waals surface area contributed by atoms with Crippen LogP contribution in [0.2, 0.25) is 0 Å². The minimum absolute atomic E-state index is 0.137. The summed E-state index contributed by atoms with van der Waals surface area (Å²) in [5.74, 6) is 1.59. The number of halogens is 1. The van der Waals surface area contributed by atoms with Gasteiger partial charge in [0.15, 0.2) is 0 Å².